The van der Waals surface area contributed by atoms with Crippen molar-refractivity contribution in [1.82, 2.24) is 10.6 Å². The lowest BCUT2D eigenvalue weighted by Gasteiger charge is -2.16. The summed E-state index contributed by atoms with van der Waals surface area (Å²) in [6, 6.07) is 3.91. The first-order valence-electron chi connectivity index (χ1n) is 9.02. The minimum atomic E-state index is 0.554. The summed E-state index contributed by atoms with van der Waals surface area (Å²) in [5.74, 6) is 2.76. The van der Waals surface area contributed by atoms with Crippen LogP contribution >= 0.6 is 0 Å². The quantitative estimate of drug-likeness (QED) is 0.364. The number of hydrogen-bond donors (Lipinski definition) is 2. The number of ether oxygens (including phenoxy) is 3. The number of guanidine groups is 1. The van der Waals surface area contributed by atoms with Crippen molar-refractivity contribution in [2.24, 2.45) is 4.99 Å². The lowest BCUT2D eigenvalue weighted by Crippen LogP contribution is -2.37. The molecule has 0 atom stereocenters. The van der Waals surface area contributed by atoms with Gasteiger partial charge in [0.25, 0.3) is 0 Å². The first-order valence-corrected chi connectivity index (χ1v) is 9.02. The molecule has 25 heavy (non-hydrogen) atoms. The molecule has 0 aliphatic carbocycles. The zero-order chi connectivity index (χ0) is 18.5. The molecule has 0 unspecified atom stereocenters. The molecule has 0 bridgehead atoms. The van der Waals surface area contributed by atoms with Crippen LogP contribution in [0.5, 0.6) is 17.2 Å². The normalized spacial score (nSPS) is 11.2. The molecule has 0 amide bonds. The van der Waals surface area contributed by atoms with E-state index in [-0.39, 0.29) is 0 Å². The first kappa shape index (κ1) is 20.9. The second-order valence-electron chi connectivity index (χ2n) is 5.68. The van der Waals surface area contributed by atoms with E-state index in [9.17, 15) is 0 Å². The maximum absolute atomic E-state index is 5.63. The van der Waals surface area contributed by atoms with Crippen LogP contribution in [0.1, 0.15) is 45.1 Å². The number of unbranched alkanes of at least 4 members (excludes halogenated alkanes) is 3. The van der Waals surface area contributed by atoms with E-state index in [1.54, 1.807) is 21.3 Å². The largest absolute Gasteiger partial charge is 0.493 e. The van der Waals surface area contributed by atoms with Crippen LogP contribution in [-0.2, 0) is 6.54 Å². The molecule has 2 N–H and O–H groups in total. The number of nitrogens with zero attached hydrogens (tertiary/aromatic N) is 1. The van der Waals surface area contributed by atoms with Gasteiger partial charge in [-0.25, -0.2) is 0 Å². The molecule has 1 aromatic rings. The van der Waals surface area contributed by atoms with Crippen molar-refractivity contribution in [3.63, 3.8) is 0 Å². The van der Waals surface area contributed by atoms with E-state index in [1.807, 2.05) is 19.1 Å². The molecule has 0 saturated heterocycles. The van der Waals surface area contributed by atoms with Crippen LogP contribution in [0.15, 0.2) is 17.1 Å². The highest BCUT2D eigenvalue weighted by Gasteiger charge is 2.14. The Kier molecular flexibility index (Phi) is 10.3. The highest BCUT2D eigenvalue weighted by atomic mass is 16.5. The van der Waals surface area contributed by atoms with Crippen molar-refractivity contribution in [1.29, 1.82) is 0 Å². The van der Waals surface area contributed by atoms with Crippen molar-refractivity contribution in [3.8, 4) is 17.2 Å². The lowest BCUT2D eigenvalue weighted by atomic mass is 10.1. The fraction of sp³-hybridized carbons (Fsp3) is 0.632. The van der Waals surface area contributed by atoms with Crippen molar-refractivity contribution in [2.45, 2.75) is 46.1 Å². The lowest BCUT2D eigenvalue weighted by molar-refractivity contribution is 0.288. The molecule has 0 fully saturated rings. The molecule has 0 saturated carbocycles. The van der Waals surface area contributed by atoms with Gasteiger partial charge in [0.15, 0.2) is 17.5 Å². The van der Waals surface area contributed by atoms with Crippen LogP contribution in [-0.4, -0.2) is 40.4 Å². The van der Waals surface area contributed by atoms with Gasteiger partial charge in [-0.2, -0.15) is 0 Å². The summed E-state index contributed by atoms with van der Waals surface area (Å²) >= 11 is 0. The third-order valence-electron chi connectivity index (χ3n) is 3.82. The zero-order valence-electron chi connectivity index (χ0n) is 16.3. The van der Waals surface area contributed by atoms with Crippen LogP contribution in [0.2, 0.25) is 0 Å². The van der Waals surface area contributed by atoms with E-state index in [0.29, 0.717) is 30.4 Å². The Balaban J connectivity index is 2.65. The van der Waals surface area contributed by atoms with Gasteiger partial charge in [0.05, 0.1) is 20.8 Å². The minimum Gasteiger partial charge on any atom is -0.493 e. The molecule has 6 nitrogen and oxygen atoms in total. The van der Waals surface area contributed by atoms with Crippen molar-refractivity contribution < 1.29 is 14.2 Å². The van der Waals surface area contributed by atoms with E-state index in [4.69, 9.17) is 14.2 Å². The molecule has 0 heterocycles. The second kappa shape index (κ2) is 12.3. The molecule has 6 heteroatoms. The summed E-state index contributed by atoms with van der Waals surface area (Å²) in [6.07, 6.45) is 4.92. The minimum absolute atomic E-state index is 0.554. The Labute approximate surface area is 152 Å². The fourth-order valence-corrected chi connectivity index (χ4v) is 2.49. The number of aliphatic imine (C=N–C) groups is 1. The summed E-state index contributed by atoms with van der Waals surface area (Å²) in [5, 5.41) is 6.66. The summed E-state index contributed by atoms with van der Waals surface area (Å²) in [7, 11) is 5.04. The summed E-state index contributed by atoms with van der Waals surface area (Å²) < 4.78 is 16.5. The average molecular weight is 351 g/mol. The predicted octanol–water partition coefficient (Wildman–Crippen LogP) is 3.35. The van der Waals surface area contributed by atoms with Gasteiger partial charge in [-0.05, 0) is 31.0 Å². The highest BCUT2D eigenvalue weighted by molar-refractivity contribution is 5.79. The van der Waals surface area contributed by atoms with Crippen LogP contribution in [0.3, 0.4) is 0 Å². The summed E-state index contributed by atoms with van der Waals surface area (Å²) in [6.45, 7) is 6.25. The summed E-state index contributed by atoms with van der Waals surface area (Å²) in [5.41, 5.74) is 1.03. The Morgan fingerprint density at radius 3 is 2.20 bits per heavy atom. The maximum Gasteiger partial charge on any atom is 0.203 e. The first-order chi connectivity index (χ1) is 12.2. The van der Waals surface area contributed by atoms with Crippen molar-refractivity contribution in [3.05, 3.63) is 17.7 Å². The highest BCUT2D eigenvalue weighted by Crippen LogP contribution is 2.38. The molecular weight excluding hydrogens is 318 g/mol. The average Bonchev–Trinajstić information content (AvgIpc) is 2.64. The predicted molar refractivity (Wildman–Crippen MR) is 103 cm³/mol. The van der Waals surface area contributed by atoms with Crippen molar-refractivity contribution in [2.75, 3.05) is 34.4 Å². The maximum atomic E-state index is 5.63. The standard InChI is InChI=1S/C19H33N3O3/c1-6-8-9-10-11-21-19(20-3)22-14-15-12-16(23-4)18(25-7-2)17(13-15)24-5/h12-13H,6-11,14H2,1-5H3,(H2,20,21,22). The van der Waals surface area contributed by atoms with Gasteiger partial charge in [0, 0.05) is 20.1 Å². The molecular formula is C19H33N3O3. The van der Waals surface area contributed by atoms with Gasteiger partial charge < -0.3 is 24.8 Å². The SMILES string of the molecule is CCCCCCNC(=NC)NCc1cc(OC)c(OCC)c(OC)c1. The van der Waals surface area contributed by atoms with Gasteiger partial charge >= 0.3 is 0 Å². The van der Waals surface area contributed by atoms with E-state index in [2.05, 4.69) is 22.5 Å². The Bertz CT molecular complexity index is 508. The molecule has 0 aliphatic rings. The molecule has 0 aliphatic heterocycles. The molecule has 0 spiro atoms. The second-order valence-corrected chi connectivity index (χ2v) is 5.68. The Morgan fingerprint density at radius 1 is 1.00 bits per heavy atom. The number of methoxy groups -OCH3 is 2. The molecule has 142 valence electrons. The zero-order valence-corrected chi connectivity index (χ0v) is 16.3. The fourth-order valence-electron chi connectivity index (χ4n) is 2.49. The molecule has 1 rings (SSSR count). The molecule has 1 aromatic carbocycles. The number of benzene rings is 1. The van der Waals surface area contributed by atoms with E-state index >= 15 is 0 Å². The van der Waals surface area contributed by atoms with Crippen molar-refractivity contribution >= 4 is 5.96 Å². The summed E-state index contributed by atoms with van der Waals surface area (Å²) in [4.78, 5) is 4.26. The van der Waals surface area contributed by atoms with E-state index in [0.717, 1.165) is 24.5 Å². The van der Waals surface area contributed by atoms with Crippen LogP contribution in [0, 0.1) is 0 Å². The van der Waals surface area contributed by atoms with Gasteiger partial charge in [-0.1, -0.05) is 26.2 Å². The number of nitrogens with one attached hydrogen (secondary N) is 2. The smallest absolute Gasteiger partial charge is 0.203 e. The van der Waals surface area contributed by atoms with Gasteiger partial charge in [0.2, 0.25) is 5.75 Å². The number of rotatable bonds is 11. The Hall–Kier alpha value is -2.11. The topological polar surface area (TPSA) is 64.1 Å². The third kappa shape index (κ3) is 7.11. The van der Waals surface area contributed by atoms with Gasteiger partial charge in [-0.15, -0.1) is 0 Å². The van der Waals surface area contributed by atoms with Gasteiger partial charge in [-0.3, -0.25) is 4.99 Å². The van der Waals surface area contributed by atoms with E-state index < -0.39 is 0 Å². The van der Waals surface area contributed by atoms with Crippen LogP contribution in [0.4, 0.5) is 0 Å². The monoisotopic (exact) mass is 351 g/mol. The van der Waals surface area contributed by atoms with Crippen LogP contribution in [0.25, 0.3) is 0 Å². The van der Waals surface area contributed by atoms with Crippen LogP contribution < -0.4 is 24.8 Å². The number of hydrogen-bond acceptors (Lipinski definition) is 4. The Morgan fingerprint density at radius 2 is 1.68 bits per heavy atom. The third-order valence-corrected chi connectivity index (χ3v) is 3.82. The molecule has 0 aromatic heterocycles. The molecule has 0 radical (unpaired) electrons. The van der Waals surface area contributed by atoms with Gasteiger partial charge in [0.1, 0.15) is 0 Å². The van der Waals surface area contributed by atoms with E-state index in [1.165, 1.54) is 19.3 Å².